The van der Waals surface area contributed by atoms with E-state index >= 15 is 0 Å². The van der Waals surface area contributed by atoms with Crippen LogP contribution in [0.15, 0.2) is 53.5 Å². The first-order valence-corrected chi connectivity index (χ1v) is 6.33. The summed E-state index contributed by atoms with van der Waals surface area (Å²) < 4.78 is 5.21. The molecule has 0 amide bonds. The van der Waals surface area contributed by atoms with Crippen LogP contribution in [0, 0.1) is 0 Å². The van der Waals surface area contributed by atoms with E-state index in [0.717, 1.165) is 16.9 Å². The number of fused-ring (bicyclic) bond motifs is 1. The largest absolute Gasteiger partial charge is 0.403 e. The zero-order valence-corrected chi connectivity index (χ0v) is 11.3. The Morgan fingerprint density at radius 3 is 2.25 bits per heavy atom. The van der Waals surface area contributed by atoms with Crippen LogP contribution in [-0.2, 0) is 4.74 Å². The van der Waals surface area contributed by atoms with Crippen molar-refractivity contribution in [2.45, 2.75) is 0 Å². The standard InChI is InChI=1S/C16H14N2O2/c1-18(2)12-9-7-11(8-10-12)17-15-13-5-3-4-6-14(13)16(19)20-15/h3-10H,1-2H3. The van der Waals surface area contributed by atoms with Gasteiger partial charge in [0, 0.05) is 19.8 Å². The van der Waals surface area contributed by atoms with Gasteiger partial charge in [0.2, 0.25) is 5.90 Å². The van der Waals surface area contributed by atoms with Crippen LogP contribution in [0.3, 0.4) is 0 Å². The van der Waals surface area contributed by atoms with Crippen LogP contribution >= 0.6 is 0 Å². The highest BCUT2D eigenvalue weighted by molar-refractivity contribution is 6.17. The molecule has 0 saturated carbocycles. The molecule has 4 nitrogen and oxygen atoms in total. The lowest BCUT2D eigenvalue weighted by Gasteiger charge is -2.11. The topological polar surface area (TPSA) is 41.9 Å². The first-order valence-electron chi connectivity index (χ1n) is 6.33. The molecule has 1 aliphatic rings. The van der Waals surface area contributed by atoms with Crippen molar-refractivity contribution in [3.8, 4) is 0 Å². The van der Waals surface area contributed by atoms with E-state index in [4.69, 9.17) is 4.74 Å². The van der Waals surface area contributed by atoms with E-state index in [1.54, 1.807) is 6.07 Å². The second-order valence-electron chi connectivity index (χ2n) is 4.76. The van der Waals surface area contributed by atoms with Gasteiger partial charge < -0.3 is 9.64 Å². The maximum Gasteiger partial charge on any atom is 0.345 e. The minimum Gasteiger partial charge on any atom is -0.403 e. The van der Waals surface area contributed by atoms with Crippen LogP contribution in [0.25, 0.3) is 0 Å². The molecule has 3 rings (SSSR count). The van der Waals surface area contributed by atoms with Gasteiger partial charge in [0.1, 0.15) is 0 Å². The Labute approximate surface area is 117 Å². The third-order valence-corrected chi connectivity index (χ3v) is 3.16. The highest BCUT2D eigenvalue weighted by Gasteiger charge is 2.27. The van der Waals surface area contributed by atoms with Crippen LogP contribution in [0.2, 0.25) is 0 Å². The molecule has 0 fully saturated rings. The Balaban J connectivity index is 1.96. The summed E-state index contributed by atoms with van der Waals surface area (Å²) >= 11 is 0. The molecule has 2 aromatic carbocycles. The molecule has 20 heavy (non-hydrogen) atoms. The average Bonchev–Trinajstić information content (AvgIpc) is 2.77. The summed E-state index contributed by atoms with van der Waals surface area (Å²) in [6.07, 6.45) is 0. The Morgan fingerprint density at radius 1 is 0.950 bits per heavy atom. The van der Waals surface area contributed by atoms with Gasteiger partial charge in [-0.2, -0.15) is 0 Å². The Morgan fingerprint density at radius 2 is 1.60 bits per heavy atom. The molecular formula is C16H14N2O2. The quantitative estimate of drug-likeness (QED) is 0.785. The third-order valence-electron chi connectivity index (χ3n) is 3.16. The number of hydrogen-bond acceptors (Lipinski definition) is 4. The highest BCUT2D eigenvalue weighted by Crippen LogP contribution is 2.24. The monoisotopic (exact) mass is 266 g/mol. The smallest absolute Gasteiger partial charge is 0.345 e. The molecule has 2 aromatic rings. The summed E-state index contributed by atoms with van der Waals surface area (Å²) in [5.74, 6) is 0.0208. The first kappa shape index (κ1) is 12.4. The van der Waals surface area contributed by atoms with E-state index in [1.165, 1.54) is 0 Å². The maximum absolute atomic E-state index is 11.7. The van der Waals surface area contributed by atoms with Crippen molar-refractivity contribution >= 4 is 23.2 Å². The molecule has 1 heterocycles. The molecule has 1 aliphatic heterocycles. The molecule has 0 bridgehead atoms. The van der Waals surface area contributed by atoms with Gasteiger partial charge in [0.15, 0.2) is 0 Å². The van der Waals surface area contributed by atoms with Crippen LogP contribution in [0.4, 0.5) is 11.4 Å². The number of carbonyl (C=O) groups excluding carboxylic acids is 1. The first-order chi connectivity index (χ1) is 9.65. The summed E-state index contributed by atoms with van der Waals surface area (Å²) in [6.45, 7) is 0. The predicted octanol–water partition coefficient (Wildman–Crippen LogP) is 3.00. The molecule has 0 aliphatic carbocycles. The van der Waals surface area contributed by atoms with Crippen molar-refractivity contribution in [2.24, 2.45) is 4.99 Å². The molecule has 0 aromatic heterocycles. The van der Waals surface area contributed by atoms with Gasteiger partial charge in [-0.25, -0.2) is 9.79 Å². The lowest BCUT2D eigenvalue weighted by molar-refractivity contribution is 0.0737. The van der Waals surface area contributed by atoms with Gasteiger partial charge in [-0.15, -0.1) is 0 Å². The highest BCUT2D eigenvalue weighted by atomic mass is 16.5. The summed E-state index contributed by atoms with van der Waals surface area (Å²) in [5, 5.41) is 0. The van der Waals surface area contributed by atoms with Gasteiger partial charge in [-0.3, -0.25) is 0 Å². The van der Waals surface area contributed by atoms with E-state index in [0.29, 0.717) is 11.5 Å². The van der Waals surface area contributed by atoms with Gasteiger partial charge >= 0.3 is 5.97 Å². The van der Waals surface area contributed by atoms with E-state index in [-0.39, 0.29) is 5.97 Å². The number of nitrogens with zero attached hydrogens (tertiary/aromatic N) is 2. The van der Waals surface area contributed by atoms with Crippen LogP contribution in [0.1, 0.15) is 15.9 Å². The normalized spacial score (nSPS) is 15.1. The van der Waals surface area contributed by atoms with Gasteiger partial charge in [0.25, 0.3) is 0 Å². The zero-order valence-electron chi connectivity index (χ0n) is 11.3. The van der Waals surface area contributed by atoms with Crippen molar-refractivity contribution in [1.29, 1.82) is 0 Å². The van der Waals surface area contributed by atoms with E-state index in [9.17, 15) is 4.79 Å². The Kier molecular flexibility index (Phi) is 2.99. The number of benzene rings is 2. The van der Waals surface area contributed by atoms with Crippen molar-refractivity contribution < 1.29 is 9.53 Å². The number of ether oxygens (including phenoxy) is 1. The van der Waals surface area contributed by atoms with Crippen molar-refractivity contribution in [2.75, 3.05) is 19.0 Å². The average molecular weight is 266 g/mol. The number of carbonyl (C=O) groups is 1. The minimum atomic E-state index is -0.343. The molecule has 0 atom stereocenters. The lowest BCUT2D eigenvalue weighted by Crippen LogP contribution is -2.07. The van der Waals surface area contributed by atoms with E-state index < -0.39 is 0 Å². The number of aliphatic imine (C=N–C) groups is 1. The molecular weight excluding hydrogens is 252 g/mol. The third kappa shape index (κ3) is 2.16. The molecule has 4 heteroatoms. The summed E-state index contributed by atoms with van der Waals surface area (Å²) in [6, 6.07) is 15.0. The van der Waals surface area contributed by atoms with Gasteiger partial charge in [-0.1, -0.05) is 12.1 Å². The second-order valence-corrected chi connectivity index (χ2v) is 4.76. The molecule has 0 N–H and O–H groups in total. The van der Waals surface area contributed by atoms with Crippen LogP contribution < -0.4 is 4.90 Å². The van der Waals surface area contributed by atoms with E-state index in [2.05, 4.69) is 4.99 Å². The Hall–Kier alpha value is -2.62. The molecule has 0 unspecified atom stereocenters. The molecule has 0 saturated heterocycles. The number of rotatable bonds is 2. The van der Waals surface area contributed by atoms with Gasteiger partial charge in [-0.05, 0) is 36.4 Å². The number of hydrogen-bond donors (Lipinski definition) is 0. The fourth-order valence-electron chi connectivity index (χ4n) is 2.07. The summed E-state index contributed by atoms with van der Waals surface area (Å²) in [7, 11) is 3.96. The fraction of sp³-hybridized carbons (Fsp3) is 0.125. The number of anilines is 1. The van der Waals surface area contributed by atoms with Gasteiger partial charge in [0.05, 0.1) is 16.8 Å². The lowest BCUT2D eigenvalue weighted by atomic mass is 10.1. The van der Waals surface area contributed by atoms with Crippen molar-refractivity contribution in [3.05, 3.63) is 59.7 Å². The predicted molar refractivity (Wildman–Crippen MR) is 78.8 cm³/mol. The van der Waals surface area contributed by atoms with Crippen molar-refractivity contribution in [1.82, 2.24) is 0 Å². The van der Waals surface area contributed by atoms with E-state index in [1.807, 2.05) is 61.5 Å². The summed E-state index contributed by atoms with van der Waals surface area (Å²) in [4.78, 5) is 18.1. The zero-order chi connectivity index (χ0) is 14.1. The minimum absolute atomic E-state index is 0.343. The maximum atomic E-state index is 11.7. The van der Waals surface area contributed by atoms with Crippen LogP contribution in [0.5, 0.6) is 0 Å². The second kappa shape index (κ2) is 4.81. The number of esters is 1. The SMILES string of the molecule is CN(C)c1ccc(N=C2OC(=O)c3ccccc32)cc1. The fourth-order valence-corrected chi connectivity index (χ4v) is 2.07. The number of cyclic esters (lactones) is 1. The summed E-state index contributed by atoms with van der Waals surface area (Å²) in [5.41, 5.74) is 3.17. The molecule has 100 valence electrons. The van der Waals surface area contributed by atoms with Crippen molar-refractivity contribution in [3.63, 3.8) is 0 Å². The molecule has 0 spiro atoms. The van der Waals surface area contributed by atoms with Crippen LogP contribution in [-0.4, -0.2) is 26.0 Å². The Bertz CT molecular complexity index is 688. The molecule has 0 radical (unpaired) electrons.